The van der Waals surface area contributed by atoms with Crippen molar-refractivity contribution in [3.8, 4) is 0 Å². The van der Waals surface area contributed by atoms with E-state index in [-0.39, 0.29) is 42.5 Å². The van der Waals surface area contributed by atoms with Gasteiger partial charge in [0.15, 0.2) is 0 Å². The highest BCUT2D eigenvalue weighted by atomic mass is 32.2. The largest absolute Gasteiger partial charge is 0.315 e. The summed E-state index contributed by atoms with van der Waals surface area (Å²) < 4.78 is 73.0. The molecule has 1 saturated heterocycles. The summed E-state index contributed by atoms with van der Waals surface area (Å²) in [5, 5.41) is 3.29. The molecular weight excluding hydrogens is 605 g/mol. The number of nitrogens with one attached hydrogen (secondary N) is 1. The molecule has 3 aromatic carbocycles. The molecule has 1 fully saturated rings. The third-order valence-electron chi connectivity index (χ3n) is 7.49. The lowest BCUT2D eigenvalue weighted by Crippen LogP contribution is -2.43. The van der Waals surface area contributed by atoms with E-state index in [9.17, 15) is 21.0 Å². The Hall–Kier alpha value is -2.45. The lowest BCUT2D eigenvalue weighted by Gasteiger charge is -2.29. The molecule has 1 heterocycles. The smallest absolute Gasteiger partial charge is 0.243 e. The second kappa shape index (κ2) is 15.0. The Morgan fingerprint density at radius 1 is 0.558 bits per heavy atom. The molecule has 12 heteroatoms. The zero-order valence-electron chi connectivity index (χ0n) is 25.1. The number of benzene rings is 3. The van der Waals surface area contributed by atoms with Crippen molar-refractivity contribution in [2.75, 3.05) is 52.4 Å². The predicted octanol–water partition coefficient (Wildman–Crippen LogP) is 3.70. The van der Waals surface area contributed by atoms with Gasteiger partial charge in [0, 0.05) is 45.8 Å². The molecule has 1 N–H and O–H groups in total. The molecule has 0 radical (unpaired) electrons. The second-order valence-electron chi connectivity index (χ2n) is 10.9. The molecule has 9 nitrogen and oxygen atoms in total. The highest BCUT2D eigenvalue weighted by Gasteiger charge is 2.28. The zero-order valence-corrected chi connectivity index (χ0v) is 27.6. The second-order valence-corrected chi connectivity index (χ2v) is 16.2. The highest BCUT2D eigenvalue weighted by Crippen LogP contribution is 2.20. The molecule has 3 aromatic rings. The number of rotatable bonds is 6. The van der Waals surface area contributed by atoms with E-state index in [1.54, 1.807) is 52.8 Å². The van der Waals surface area contributed by atoms with Crippen LogP contribution in [0.1, 0.15) is 29.5 Å². The SMILES string of the molecule is Cc1ccc(S(=O)N2CCCN(S(=O)(=O)c3ccc(C)cc3)CCNCCCN(S(=O)(=O)c3ccc(C)cc3)CC2)cc1. The number of hydrogen-bond donors (Lipinski definition) is 1. The number of hydrogen-bond acceptors (Lipinski definition) is 6. The monoisotopic (exact) mass is 646 g/mol. The number of sulfonamides is 2. The van der Waals surface area contributed by atoms with Crippen molar-refractivity contribution in [3.05, 3.63) is 89.5 Å². The maximum absolute atomic E-state index is 13.8. The highest BCUT2D eigenvalue weighted by molar-refractivity contribution is 7.89. The molecular formula is C31H42N4O5S3. The van der Waals surface area contributed by atoms with E-state index in [2.05, 4.69) is 5.32 Å². The molecule has 234 valence electrons. The first-order chi connectivity index (χ1) is 20.5. The lowest BCUT2D eigenvalue weighted by molar-refractivity contribution is 0.325. The van der Waals surface area contributed by atoms with Crippen molar-refractivity contribution in [1.29, 1.82) is 0 Å². The Balaban J connectivity index is 1.59. The van der Waals surface area contributed by atoms with Gasteiger partial charge in [-0.3, -0.25) is 0 Å². The molecule has 1 atom stereocenters. The van der Waals surface area contributed by atoms with Crippen molar-refractivity contribution in [3.63, 3.8) is 0 Å². The van der Waals surface area contributed by atoms with Crippen LogP contribution in [0.2, 0.25) is 0 Å². The molecule has 1 aliphatic heterocycles. The molecule has 0 spiro atoms. The normalized spacial score (nSPS) is 18.6. The molecule has 1 aliphatic rings. The predicted molar refractivity (Wildman–Crippen MR) is 171 cm³/mol. The van der Waals surface area contributed by atoms with Crippen LogP contribution < -0.4 is 5.32 Å². The van der Waals surface area contributed by atoms with Crippen LogP contribution in [0, 0.1) is 20.8 Å². The van der Waals surface area contributed by atoms with E-state index in [0.29, 0.717) is 37.4 Å². The maximum atomic E-state index is 13.8. The summed E-state index contributed by atoms with van der Waals surface area (Å²) in [7, 11) is -9.06. The van der Waals surface area contributed by atoms with E-state index in [1.807, 2.05) is 45.0 Å². The average molecular weight is 647 g/mol. The number of nitrogens with zero attached hydrogens (tertiary/aromatic N) is 3. The lowest BCUT2D eigenvalue weighted by atomic mass is 10.2. The molecule has 1 unspecified atom stereocenters. The minimum absolute atomic E-state index is 0.152. The summed E-state index contributed by atoms with van der Waals surface area (Å²) in [5.41, 5.74) is 3.00. The van der Waals surface area contributed by atoms with Crippen LogP contribution >= 0.6 is 0 Å². The van der Waals surface area contributed by atoms with Gasteiger partial charge in [0.05, 0.1) is 14.7 Å². The van der Waals surface area contributed by atoms with Crippen LogP contribution in [0.15, 0.2) is 87.5 Å². The molecule has 43 heavy (non-hydrogen) atoms. The van der Waals surface area contributed by atoms with E-state index >= 15 is 0 Å². The van der Waals surface area contributed by atoms with Gasteiger partial charge in [-0.1, -0.05) is 53.1 Å². The van der Waals surface area contributed by atoms with Crippen molar-refractivity contribution >= 4 is 31.0 Å². The van der Waals surface area contributed by atoms with Gasteiger partial charge in [0.1, 0.15) is 11.0 Å². The van der Waals surface area contributed by atoms with Gasteiger partial charge in [0.2, 0.25) is 20.0 Å². The van der Waals surface area contributed by atoms with Crippen molar-refractivity contribution in [2.24, 2.45) is 0 Å². The van der Waals surface area contributed by atoms with E-state index in [1.165, 1.54) is 8.61 Å². The minimum atomic E-state index is -3.77. The van der Waals surface area contributed by atoms with Crippen LogP contribution in [0.5, 0.6) is 0 Å². The first kappa shape index (κ1) is 33.4. The molecule has 0 bridgehead atoms. The molecule has 0 aromatic heterocycles. The third kappa shape index (κ3) is 8.81. The molecule has 0 saturated carbocycles. The van der Waals surface area contributed by atoms with Crippen molar-refractivity contribution < 1.29 is 21.0 Å². The topological polar surface area (TPSA) is 107 Å². The first-order valence-electron chi connectivity index (χ1n) is 14.6. The molecule has 0 amide bonds. The van der Waals surface area contributed by atoms with Gasteiger partial charge < -0.3 is 5.32 Å². The fourth-order valence-corrected chi connectivity index (χ4v) is 9.02. The quantitative estimate of drug-likeness (QED) is 0.438. The van der Waals surface area contributed by atoms with E-state index in [4.69, 9.17) is 0 Å². The molecule has 4 rings (SSSR count). The maximum Gasteiger partial charge on any atom is 0.243 e. The average Bonchev–Trinajstić information content (AvgIpc) is 2.98. The summed E-state index contributed by atoms with van der Waals surface area (Å²) in [4.78, 5) is 1.10. The van der Waals surface area contributed by atoms with Gasteiger partial charge in [-0.25, -0.2) is 25.3 Å². The van der Waals surface area contributed by atoms with E-state index in [0.717, 1.165) is 16.7 Å². The van der Waals surface area contributed by atoms with E-state index < -0.39 is 31.0 Å². The van der Waals surface area contributed by atoms with Crippen LogP contribution in [0.25, 0.3) is 0 Å². The standard InChI is InChI=1S/C31H42N4O5S3/c1-26-6-12-29(13-7-26)41(36)33-20-5-22-34(42(37,38)30-14-8-27(2)9-15-30)23-19-32-18-4-21-35(25-24-33)43(39,40)31-16-10-28(3)11-17-31/h6-17,32H,4-5,18-25H2,1-3H3. The summed E-state index contributed by atoms with van der Waals surface area (Å²) in [6.45, 7) is 8.22. The van der Waals surface area contributed by atoms with Gasteiger partial charge in [-0.05, 0) is 76.6 Å². The van der Waals surface area contributed by atoms with Gasteiger partial charge in [0.25, 0.3) is 0 Å². The fraction of sp³-hybridized carbons (Fsp3) is 0.419. The first-order valence-corrected chi connectivity index (χ1v) is 18.5. The Morgan fingerprint density at radius 2 is 1.02 bits per heavy atom. The Kier molecular flexibility index (Phi) is 11.7. The van der Waals surface area contributed by atoms with Crippen LogP contribution in [-0.2, 0) is 31.0 Å². The van der Waals surface area contributed by atoms with Crippen LogP contribution in [0.4, 0.5) is 0 Å². The fourth-order valence-electron chi connectivity index (χ4n) is 4.86. The third-order valence-corrected chi connectivity index (χ3v) is 12.8. The summed E-state index contributed by atoms with van der Waals surface area (Å²) in [6, 6.07) is 21.1. The Morgan fingerprint density at radius 3 is 1.56 bits per heavy atom. The Bertz CT molecular complexity index is 1580. The summed E-state index contributed by atoms with van der Waals surface area (Å²) >= 11 is 0. The van der Waals surface area contributed by atoms with Gasteiger partial charge >= 0.3 is 0 Å². The zero-order chi connectivity index (χ0) is 31.0. The number of aryl methyl sites for hydroxylation is 3. The van der Waals surface area contributed by atoms with Gasteiger partial charge in [-0.15, -0.1) is 0 Å². The molecule has 0 aliphatic carbocycles. The van der Waals surface area contributed by atoms with Crippen molar-refractivity contribution in [1.82, 2.24) is 18.2 Å². The van der Waals surface area contributed by atoms with Gasteiger partial charge in [-0.2, -0.15) is 8.61 Å². The van der Waals surface area contributed by atoms with Crippen LogP contribution in [-0.4, -0.2) is 86.3 Å². The van der Waals surface area contributed by atoms with Crippen LogP contribution in [0.3, 0.4) is 0 Å². The Labute approximate surface area is 259 Å². The van der Waals surface area contributed by atoms with Crippen molar-refractivity contribution in [2.45, 2.75) is 48.3 Å². The minimum Gasteiger partial charge on any atom is -0.315 e. The summed E-state index contributed by atoms with van der Waals surface area (Å²) in [5.74, 6) is 0. The summed E-state index contributed by atoms with van der Waals surface area (Å²) in [6.07, 6.45) is 0.963.